The zero-order valence-corrected chi connectivity index (χ0v) is 11.6. The van der Waals surface area contributed by atoms with Crippen molar-refractivity contribution in [2.75, 3.05) is 13.7 Å². The van der Waals surface area contributed by atoms with E-state index in [1.807, 2.05) is 0 Å². The molecule has 94 valence electrons. The van der Waals surface area contributed by atoms with Crippen LogP contribution in [0.1, 0.15) is 24.4 Å². The molecule has 1 aromatic carbocycles. The minimum absolute atomic E-state index is 0.0732. The van der Waals surface area contributed by atoms with Crippen molar-refractivity contribution in [2.45, 2.75) is 18.9 Å². The smallest absolute Gasteiger partial charge is 0.150 e. The molecule has 1 aliphatic rings. The first-order valence-electron chi connectivity index (χ1n) is 5.24. The summed E-state index contributed by atoms with van der Waals surface area (Å²) in [4.78, 5) is 4.90. The number of benzene rings is 1. The first-order valence-corrected chi connectivity index (χ1v) is 6.41. The van der Waals surface area contributed by atoms with E-state index in [0.29, 0.717) is 22.4 Å². The van der Waals surface area contributed by atoms with Crippen molar-refractivity contribution in [3.63, 3.8) is 0 Å². The molecule has 1 N–H and O–H groups in total. The van der Waals surface area contributed by atoms with E-state index in [9.17, 15) is 4.39 Å². The Morgan fingerprint density at radius 3 is 3.12 bits per heavy atom. The summed E-state index contributed by atoms with van der Waals surface area (Å²) >= 11 is 9.18. The van der Waals surface area contributed by atoms with Crippen LogP contribution in [-0.4, -0.2) is 13.7 Å². The van der Waals surface area contributed by atoms with Gasteiger partial charge in [-0.3, -0.25) is 0 Å². The predicted molar refractivity (Wildman–Crippen MR) is 66.7 cm³/mol. The number of hydrogen-bond acceptors (Lipinski definition) is 3. The lowest BCUT2D eigenvalue weighted by Crippen LogP contribution is -2.20. The molecule has 0 spiro atoms. The van der Waals surface area contributed by atoms with Crippen LogP contribution in [-0.2, 0) is 4.84 Å². The average molecular weight is 325 g/mol. The molecule has 6 heteroatoms. The number of halogens is 3. The second-order valence-corrected chi connectivity index (χ2v) is 5.02. The van der Waals surface area contributed by atoms with Gasteiger partial charge in [0.2, 0.25) is 0 Å². The molecule has 1 heterocycles. The van der Waals surface area contributed by atoms with Crippen molar-refractivity contribution in [1.82, 2.24) is 5.48 Å². The maximum atomic E-state index is 14.1. The zero-order valence-electron chi connectivity index (χ0n) is 9.23. The molecular weight excluding hydrogens is 312 g/mol. The standard InChI is InChI=1S/C11H12BrClFNO2/c1-16-15-8-3-2-4-17-11-6(12)5-7(13)10(14)9(8)11/h5,8,15H,2-4H2,1H3. The first kappa shape index (κ1) is 13.1. The molecule has 1 unspecified atom stereocenters. The maximum absolute atomic E-state index is 14.1. The number of hydroxylamine groups is 1. The van der Waals surface area contributed by atoms with Crippen molar-refractivity contribution >= 4 is 27.5 Å². The van der Waals surface area contributed by atoms with Crippen LogP contribution in [0.2, 0.25) is 5.02 Å². The first-order chi connectivity index (χ1) is 8.15. The van der Waals surface area contributed by atoms with Crippen molar-refractivity contribution in [1.29, 1.82) is 0 Å². The Morgan fingerprint density at radius 1 is 1.65 bits per heavy atom. The average Bonchev–Trinajstić information content (AvgIpc) is 2.50. The van der Waals surface area contributed by atoms with E-state index >= 15 is 0 Å². The van der Waals surface area contributed by atoms with E-state index in [1.165, 1.54) is 13.2 Å². The fourth-order valence-electron chi connectivity index (χ4n) is 1.92. The van der Waals surface area contributed by atoms with Crippen LogP contribution < -0.4 is 10.2 Å². The third-order valence-corrected chi connectivity index (χ3v) is 3.52. The fraction of sp³-hybridized carbons (Fsp3) is 0.455. The van der Waals surface area contributed by atoms with E-state index in [2.05, 4.69) is 21.4 Å². The maximum Gasteiger partial charge on any atom is 0.150 e. The third kappa shape index (κ3) is 2.57. The highest BCUT2D eigenvalue weighted by Crippen LogP contribution is 2.41. The minimum atomic E-state index is -0.457. The van der Waals surface area contributed by atoms with Gasteiger partial charge in [0, 0.05) is 0 Å². The van der Waals surface area contributed by atoms with Gasteiger partial charge in [-0.25, -0.2) is 4.39 Å². The van der Waals surface area contributed by atoms with Crippen molar-refractivity contribution < 1.29 is 14.0 Å². The molecule has 17 heavy (non-hydrogen) atoms. The Morgan fingerprint density at radius 2 is 2.41 bits per heavy atom. The summed E-state index contributed by atoms with van der Waals surface area (Å²) in [5, 5.41) is 0.0732. The van der Waals surface area contributed by atoms with Gasteiger partial charge >= 0.3 is 0 Å². The van der Waals surface area contributed by atoms with Crippen molar-refractivity contribution in [3.8, 4) is 5.75 Å². The lowest BCUT2D eigenvalue weighted by atomic mass is 10.0. The summed E-state index contributed by atoms with van der Waals surface area (Å²) in [5.41, 5.74) is 3.20. The van der Waals surface area contributed by atoms with E-state index in [1.54, 1.807) is 0 Å². The van der Waals surface area contributed by atoms with E-state index in [0.717, 1.165) is 12.8 Å². The fourth-order valence-corrected chi connectivity index (χ4v) is 2.82. The second-order valence-electron chi connectivity index (χ2n) is 3.76. The molecule has 1 aliphatic heterocycles. The van der Waals surface area contributed by atoms with Crippen molar-refractivity contribution in [3.05, 3.63) is 26.9 Å². The van der Waals surface area contributed by atoms with Gasteiger partial charge in [0.1, 0.15) is 11.6 Å². The monoisotopic (exact) mass is 323 g/mol. The minimum Gasteiger partial charge on any atom is -0.492 e. The Hall–Kier alpha value is -0.360. The third-order valence-electron chi connectivity index (χ3n) is 2.65. The quantitative estimate of drug-likeness (QED) is 0.666. The largest absolute Gasteiger partial charge is 0.492 e. The molecule has 0 radical (unpaired) electrons. The Kier molecular flexibility index (Phi) is 4.25. The lowest BCUT2D eigenvalue weighted by molar-refractivity contribution is 0.0569. The SMILES string of the molecule is CONC1CCCOc2c(Br)cc(Cl)c(F)c21. The summed E-state index contributed by atoms with van der Waals surface area (Å²) in [7, 11) is 1.50. The Bertz CT molecular complexity index is 430. The summed E-state index contributed by atoms with van der Waals surface area (Å²) in [6.45, 7) is 0.550. The molecule has 0 saturated carbocycles. The predicted octanol–water partition coefficient (Wildman–Crippen LogP) is 3.61. The molecule has 0 fully saturated rings. The Labute approximate surface area is 112 Å². The van der Waals surface area contributed by atoms with E-state index in [4.69, 9.17) is 21.2 Å². The Balaban J connectivity index is 2.54. The number of fused-ring (bicyclic) bond motifs is 1. The molecular formula is C11H12BrClFNO2. The molecule has 2 rings (SSSR count). The van der Waals surface area contributed by atoms with Gasteiger partial charge in [0.15, 0.2) is 0 Å². The van der Waals surface area contributed by atoms with Gasteiger partial charge in [-0.15, -0.1) is 0 Å². The molecule has 1 aromatic rings. The summed E-state index contributed by atoms with van der Waals surface area (Å²) in [6.07, 6.45) is 1.55. The molecule has 0 amide bonds. The van der Waals surface area contributed by atoms with Crippen LogP contribution >= 0.6 is 27.5 Å². The highest BCUT2D eigenvalue weighted by molar-refractivity contribution is 9.10. The van der Waals surface area contributed by atoms with Crippen LogP contribution in [0.3, 0.4) is 0 Å². The van der Waals surface area contributed by atoms with E-state index < -0.39 is 5.82 Å². The molecule has 3 nitrogen and oxygen atoms in total. The van der Waals surface area contributed by atoms with E-state index in [-0.39, 0.29) is 11.1 Å². The zero-order chi connectivity index (χ0) is 12.4. The van der Waals surface area contributed by atoms with Crippen LogP contribution in [0, 0.1) is 5.82 Å². The topological polar surface area (TPSA) is 30.5 Å². The molecule has 0 aliphatic carbocycles. The number of rotatable bonds is 2. The number of ether oxygens (including phenoxy) is 1. The van der Waals surface area contributed by atoms with Crippen LogP contribution in [0.15, 0.2) is 10.5 Å². The summed E-state index contributed by atoms with van der Waals surface area (Å²) in [5.74, 6) is 0.0419. The van der Waals surface area contributed by atoms with Gasteiger partial charge in [-0.05, 0) is 34.8 Å². The summed E-state index contributed by atoms with van der Waals surface area (Å²) in [6, 6.07) is 1.25. The highest BCUT2D eigenvalue weighted by Gasteiger charge is 2.27. The van der Waals surface area contributed by atoms with Gasteiger partial charge in [0.25, 0.3) is 0 Å². The van der Waals surface area contributed by atoms with Crippen LogP contribution in [0.25, 0.3) is 0 Å². The second kappa shape index (κ2) is 5.52. The van der Waals surface area contributed by atoms with Gasteiger partial charge in [-0.1, -0.05) is 11.6 Å². The molecule has 0 bridgehead atoms. The normalized spacial score (nSPS) is 19.4. The summed E-state index contributed by atoms with van der Waals surface area (Å²) < 4.78 is 20.3. The van der Waals surface area contributed by atoms with Crippen molar-refractivity contribution in [2.24, 2.45) is 0 Å². The van der Waals surface area contributed by atoms with Gasteiger partial charge in [-0.2, -0.15) is 5.48 Å². The van der Waals surface area contributed by atoms with Crippen LogP contribution in [0.5, 0.6) is 5.75 Å². The number of nitrogens with one attached hydrogen (secondary N) is 1. The van der Waals surface area contributed by atoms with Gasteiger partial charge in [0.05, 0.1) is 34.8 Å². The lowest BCUT2D eigenvalue weighted by Gasteiger charge is -2.19. The number of hydrogen-bond donors (Lipinski definition) is 1. The van der Waals surface area contributed by atoms with Gasteiger partial charge < -0.3 is 9.57 Å². The van der Waals surface area contributed by atoms with Crippen LogP contribution in [0.4, 0.5) is 4.39 Å². The molecule has 1 atom stereocenters. The molecule has 0 aromatic heterocycles. The highest BCUT2D eigenvalue weighted by atomic mass is 79.9. The molecule has 0 saturated heterocycles.